The highest BCUT2D eigenvalue weighted by Crippen LogP contribution is 2.13. The first-order valence-electron chi connectivity index (χ1n) is 18.0. The Bertz CT molecular complexity index is 1100. The second-order valence-electron chi connectivity index (χ2n) is 11.6. The third-order valence-electron chi connectivity index (χ3n) is 7.11. The van der Waals surface area contributed by atoms with Gasteiger partial charge in [0.05, 0.1) is 13.2 Å². The fourth-order valence-electron chi connectivity index (χ4n) is 4.36. The number of nitrogens with one attached hydrogen (secondary N) is 2. The number of unbranched alkanes of at least 4 members (excludes halogenated alkanes) is 4. The lowest BCUT2D eigenvalue weighted by atomic mass is 10.1. The smallest absolute Gasteiger partial charge is 0.328 e. The molecule has 0 aromatic carbocycles. The number of aliphatic hydroxyl groups is 1. The van der Waals surface area contributed by atoms with Crippen molar-refractivity contribution in [2.45, 2.75) is 129 Å². The van der Waals surface area contributed by atoms with Gasteiger partial charge in [0, 0.05) is 12.8 Å². The van der Waals surface area contributed by atoms with Crippen molar-refractivity contribution in [1.82, 2.24) is 10.6 Å². The molecule has 0 aromatic rings. The summed E-state index contributed by atoms with van der Waals surface area (Å²) in [6.07, 6.45) is 42.5. The molecule has 2 amide bonds. The number of rotatable bonds is 30. The second kappa shape index (κ2) is 33.9. The largest absolute Gasteiger partial charge is 0.480 e. The summed E-state index contributed by atoms with van der Waals surface area (Å²) in [7, 11) is 0. The quantitative estimate of drug-likeness (QED) is 0.0345. The van der Waals surface area contributed by atoms with E-state index in [-0.39, 0.29) is 30.9 Å². The Balaban J connectivity index is 4.15. The number of hydrogen-bond acceptors (Lipinski definition) is 6. The summed E-state index contributed by atoms with van der Waals surface area (Å²) < 4.78 is 5.74. The highest BCUT2D eigenvalue weighted by atomic mass is 16.5. The minimum atomic E-state index is -1.40. The maximum atomic E-state index is 12.5. The number of ether oxygens (including phenoxy) is 1. The third-order valence-corrected chi connectivity index (χ3v) is 7.11. The number of aliphatic hydroxyl groups excluding tert-OH is 1. The van der Waals surface area contributed by atoms with Gasteiger partial charge in [-0.05, 0) is 76.7 Å². The van der Waals surface area contributed by atoms with Crippen molar-refractivity contribution in [1.29, 1.82) is 0 Å². The zero-order valence-corrected chi connectivity index (χ0v) is 29.9. The van der Waals surface area contributed by atoms with Crippen LogP contribution in [0.25, 0.3) is 0 Å². The molecule has 0 rings (SSSR count). The normalized spacial score (nSPS) is 13.5. The van der Waals surface area contributed by atoms with Crippen molar-refractivity contribution in [2.75, 3.05) is 13.2 Å². The van der Waals surface area contributed by atoms with Crippen LogP contribution in [-0.4, -0.2) is 59.3 Å². The first kappa shape index (κ1) is 45.0. The molecule has 9 heteroatoms. The number of carbonyl (C=O) groups is 4. The van der Waals surface area contributed by atoms with Crippen molar-refractivity contribution in [2.24, 2.45) is 0 Å². The van der Waals surface area contributed by atoms with Crippen molar-refractivity contribution >= 4 is 23.8 Å². The Morgan fingerprint density at radius 1 is 0.653 bits per heavy atom. The van der Waals surface area contributed by atoms with Gasteiger partial charge in [0.1, 0.15) is 12.1 Å². The number of aliphatic carboxylic acids is 1. The molecule has 49 heavy (non-hydrogen) atoms. The summed E-state index contributed by atoms with van der Waals surface area (Å²) in [6, 6.07) is -1.40. The lowest BCUT2D eigenvalue weighted by Crippen LogP contribution is -2.47. The molecule has 0 saturated heterocycles. The Morgan fingerprint density at radius 3 is 1.73 bits per heavy atom. The molecule has 2 unspecified atom stereocenters. The number of carboxylic acids is 1. The minimum Gasteiger partial charge on any atom is -0.480 e. The summed E-state index contributed by atoms with van der Waals surface area (Å²) >= 11 is 0. The van der Waals surface area contributed by atoms with Gasteiger partial charge in [-0.2, -0.15) is 0 Å². The molecular weight excluding hydrogens is 620 g/mol. The van der Waals surface area contributed by atoms with Crippen LogP contribution in [0, 0.1) is 0 Å². The summed E-state index contributed by atoms with van der Waals surface area (Å²) in [6.45, 7) is 3.17. The highest BCUT2D eigenvalue weighted by molar-refractivity contribution is 5.87. The fraction of sp³-hybridized carbons (Fsp3) is 0.550. The van der Waals surface area contributed by atoms with Crippen molar-refractivity contribution in [3.05, 3.63) is 85.1 Å². The zero-order chi connectivity index (χ0) is 36.2. The lowest BCUT2D eigenvalue weighted by molar-refractivity contribution is -0.147. The second-order valence-corrected chi connectivity index (χ2v) is 11.6. The molecule has 0 aromatic heterocycles. The molecule has 2 atom stereocenters. The summed E-state index contributed by atoms with van der Waals surface area (Å²) in [5.74, 6) is -2.53. The molecule has 4 N–H and O–H groups in total. The first-order chi connectivity index (χ1) is 23.8. The molecule has 0 fully saturated rings. The van der Waals surface area contributed by atoms with Gasteiger partial charge in [-0.25, -0.2) is 4.79 Å². The van der Waals surface area contributed by atoms with Crippen LogP contribution in [0.4, 0.5) is 0 Å². The average molecular weight is 683 g/mol. The average Bonchev–Trinajstić information content (AvgIpc) is 3.08. The van der Waals surface area contributed by atoms with E-state index in [1.54, 1.807) is 0 Å². The SMILES string of the molecule is CC/C=C\C/C=C\C/C=C\C/C=C\C/C=C\C/C=C\CCC(=O)OC(/C=C\CCC)CCCCCCC(=O)NCC(=O)NC(CO)C(=O)O. The van der Waals surface area contributed by atoms with Crippen LogP contribution in [-0.2, 0) is 23.9 Å². The van der Waals surface area contributed by atoms with Gasteiger partial charge in [0.2, 0.25) is 11.8 Å². The van der Waals surface area contributed by atoms with E-state index < -0.39 is 24.5 Å². The molecule has 0 saturated carbocycles. The van der Waals surface area contributed by atoms with Crippen LogP contribution in [0.3, 0.4) is 0 Å². The molecule has 0 radical (unpaired) electrons. The van der Waals surface area contributed by atoms with Crippen LogP contribution >= 0.6 is 0 Å². The van der Waals surface area contributed by atoms with Gasteiger partial charge in [-0.3, -0.25) is 14.4 Å². The van der Waals surface area contributed by atoms with Crippen molar-refractivity contribution in [3.8, 4) is 0 Å². The zero-order valence-electron chi connectivity index (χ0n) is 29.9. The van der Waals surface area contributed by atoms with Gasteiger partial charge >= 0.3 is 11.9 Å². The van der Waals surface area contributed by atoms with Gasteiger partial charge in [-0.15, -0.1) is 0 Å². The molecule has 0 aliphatic heterocycles. The molecular formula is C40H62N2O7. The van der Waals surface area contributed by atoms with E-state index in [1.165, 1.54) is 0 Å². The highest BCUT2D eigenvalue weighted by Gasteiger charge is 2.18. The number of carboxylic acid groups (broad SMARTS) is 1. The Morgan fingerprint density at radius 2 is 1.20 bits per heavy atom. The number of allylic oxidation sites excluding steroid dienone is 13. The molecule has 0 bridgehead atoms. The van der Waals surface area contributed by atoms with Crippen molar-refractivity contribution in [3.63, 3.8) is 0 Å². The van der Waals surface area contributed by atoms with E-state index in [4.69, 9.17) is 14.9 Å². The van der Waals surface area contributed by atoms with E-state index in [9.17, 15) is 19.2 Å². The number of hydrogen-bond donors (Lipinski definition) is 4. The van der Waals surface area contributed by atoms with Crippen LogP contribution in [0.15, 0.2) is 85.1 Å². The van der Waals surface area contributed by atoms with Gasteiger partial charge < -0.3 is 25.6 Å². The molecule has 0 spiro atoms. The molecule has 9 nitrogen and oxygen atoms in total. The predicted molar refractivity (Wildman–Crippen MR) is 199 cm³/mol. The van der Waals surface area contributed by atoms with Gasteiger partial charge in [-0.1, -0.05) is 112 Å². The standard InChI is InChI=1S/C40H62N2O7/c1-3-5-7-8-9-10-11-12-13-14-15-16-17-18-19-20-21-22-28-32-39(46)49-35(29-25-6-4-2)30-26-23-24-27-31-37(44)41-33-38(45)42-36(34-43)40(47)48/h5,7,9-10,12-13,15-16,18-19,21-22,25,29,35-36,43H,3-4,6,8,11,14,17,20,23-24,26-28,30-34H2,1-2H3,(H,41,44)(H,42,45)(H,47,48)/b7-5-,10-9-,13-12-,16-15-,19-18-,22-21-,29-25-. The minimum absolute atomic E-state index is 0.208. The van der Waals surface area contributed by atoms with Gasteiger partial charge in [0.25, 0.3) is 0 Å². The number of carbonyl (C=O) groups excluding carboxylic acids is 3. The van der Waals surface area contributed by atoms with Crippen LogP contribution in [0.2, 0.25) is 0 Å². The Labute approximate surface area is 295 Å². The maximum absolute atomic E-state index is 12.5. The summed E-state index contributed by atoms with van der Waals surface area (Å²) in [5, 5.41) is 22.4. The topological polar surface area (TPSA) is 142 Å². The van der Waals surface area contributed by atoms with Crippen LogP contribution in [0.1, 0.15) is 117 Å². The van der Waals surface area contributed by atoms with E-state index >= 15 is 0 Å². The van der Waals surface area contributed by atoms with E-state index in [1.807, 2.05) is 12.2 Å². The lowest BCUT2D eigenvalue weighted by Gasteiger charge is -2.14. The van der Waals surface area contributed by atoms with Crippen LogP contribution in [0.5, 0.6) is 0 Å². The van der Waals surface area contributed by atoms with Gasteiger partial charge in [0.15, 0.2) is 0 Å². The monoisotopic (exact) mass is 682 g/mol. The Hall–Kier alpha value is -3.98. The van der Waals surface area contributed by atoms with E-state index in [2.05, 4.69) is 97.4 Å². The van der Waals surface area contributed by atoms with Crippen LogP contribution < -0.4 is 10.6 Å². The number of amides is 2. The maximum Gasteiger partial charge on any atom is 0.328 e. The molecule has 0 aliphatic rings. The summed E-state index contributed by atoms with van der Waals surface area (Å²) in [5.41, 5.74) is 0. The fourth-order valence-corrected chi connectivity index (χ4v) is 4.36. The van der Waals surface area contributed by atoms with E-state index in [0.717, 1.165) is 70.6 Å². The molecule has 0 aliphatic carbocycles. The first-order valence-corrected chi connectivity index (χ1v) is 18.0. The number of esters is 1. The Kier molecular flexibility index (Phi) is 31.1. The predicted octanol–water partition coefficient (Wildman–Crippen LogP) is 7.75. The molecule has 274 valence electrons. The summed E-state index contributed by atoms with van der Waals surface area (Å²) in [4.78, 5) is 47.0. The third kappa shape index (κ3) is 31.1. The van der Waals surface area contributed by atoms with Crippen molar-refractivity contribution < 1.29 is 34.1 Å². The van der Waals surface area contributed by atoms with E-state index in [0.29, 0.717) is 25.7 Å². The molecule has 0 heterocycles.